The Morgan fingerprint density at radius 3 is 2.35 bits per heavy atom. The first kappa shape index (κ1) is 20.8. The summed E-state index contributed by atoms with van der Waals surface area (Å²) in [5, 5.41) is 4.74. The lowest BCUT2D eigenvalue weighted by Crippen LogP contribution is -2.50. The summed E-state index contributed by atoms with van der Waals surface area (Å²) >= 11 is 0. The molecule has 0 bridgehead atoms. The van der Waals surface area contributed by atoms with Gasteiger partial charge in [0.05, 0.1) is 25.3 Å². The second kappa shape index (κ2) is 8.73. The molecule has 1 fully saturated rings. The molecular weight excluding hydrogens is 392 g/mol. The molecule has 0 spiro atoms. The van der Waals surface area contributed by atoms with Crippen molar-refractivity contribution in [3.05, 3.63) is 77.0 Å². The summed E-state index contributed by atoms with van der Waals surface area (Å²) in [6.07, 6.45) is 0.995. The molecule has 1 unspecified atom stereocenters. The predicted octanol–water partition coefficient (Wildman–Crippen LogP) is 2.54. The van der Waals surface area contributed by atoms with Crippen LogP contribution in [0.2, 0.25) is 0 Å². The first-order valence-electron chi connectivity index (χ1n) is 10.3. The van der Waals surface area contributed by atoms with Gasteiger partial charge in [-0.2, -0.15) is 5.10 Å². The number of ether oxygens (including phenoxy) is 1. The number of morpholine rings is 1. The minimum atomic E-state index is -0.789. The van der Waals surface area contributed by atoms with E-state index >= 15 is 0 Å². The Kier molecular flexibility index (Phi) is 5.86. The Hall–Kier alpha value is -3.45. The van der Waals surface area contributed by atoms with Crippen LogP contribution in [0.3, 0.4) is 0 Å². The smallest absolute Gasteiger partial charge is 0.257 e. The van der Waals surface area contributed by atoms with Crippen LogP contribution in [0, 0.1) is 13.8 Å². The Morgan fingerprint density at radius 2 is 1.71 bits per heavy atom. The Balaban J connectivity index is 1.68. The molecule has 160 valence electrons. The van der Waals surface area contributed by atoms with E-state index in [4.69, 9.17) is 15.6 Å². The summed E-state index contributed by atoms with van der Waals surface area (Å²) in [6, 6.07) is 16.2. The van der Waals surface area contributed by atoms with Crippen LogP contribution in [0.5, 0.6) is 0 Å². The third kappa shape index (κ3) is 4.67. The average molecular weight is 418 g/mol. The number of carbonyl (C=O) groups excluding carboxylic acids is 2. The molecule has 0 saturated carbocycles. The van der Waals surface area contributed by atoms with Crippen molar-refractivity contribution in [2.45, 2.75) is 26.5 Å². The zero-order chi connectivity index (χ0) is 22.0. The summed E-state index contributed by atoms with van der Waals surface area (Å²) in [5.74, 6) is -0.744. The van der Waals surface area contributed by atoms with E-state index in [1.165, 1.54) is 5.56 Å². The Morgan fingerprint density at radius 1 is 1.06 bits per heavy atom. The van der Waals surface area contributed by atoms with Crippen molar-refractivity contribution in [3.8, 4) is 11.3 Å². The number of nitrogens with two attached hydrogens (primary N) is 1. The first-order chi connectivity index (χ1) is 14.9. The summed E-state index contributed by atoms with van der Waals surface area (Å²) in [7, 11) is 0. The molecule has 2 aromatic carbocycles. The minimum absolute atomic E-state index is 0.143. The van der Waals surface area contributed by atoms with Gasteiger partial charge < -0.3 is 15.4 Å². The zero-order valence-electron chi connectivity index (χ0n) is 17.7. The quantitative estimate of drug-likeness (QED) is 0.689. The van der Waals surface area contributed by atoms with E-state index < -0.39 is 12.0 Å². The lowest BCUT2D eigenvalue weighted by atomic mass is 10.1. The third-order valence-corrected chi connectivity index (χ3v) is 5.45. The normalized spacial score (nSPS) is 16.3. The lowest BCUT2D eigenvalue weighted by Gasteiger charge is -2.31. The van der Waals surface area contributed by atoms with Gasteiger partial charge in [0.15, 0.2) is 6.10 Å². The average Bonchev–Trinajstić information content (AvgIpc) is 3.19. The molecule has 31 heavy (non-hydrogen) atoms. The van der Waals surface area contributed by atoms with Gasteiger partial charge in [-0.05, 0) is 19.4 Å². The molecule has 2 heterocycles. The maximum atomic E-state index is 13.4. The highest BCUT2D eigenvalue weighted by Crippen LogP contribution is 2.25. The van der Waals surface area contributed by atoms with Gasteiger partial charge in [0.2, 0.25) is 5.91 Å². The number of hydrogen-bond acceptors (Lipinski definition) is 4. The summed E-state index contributed by atoms with van der Waals surface area (Å²) in [6.45, 7) is 5.44. The lowest BCUT2D eigenvalue weighted by molar-refractivity contribution is -0.133. The van der Waals surface area contributed by atoms with Crippen LogP contribution < -0.4 is 5.73 Å². The van der Waals surface area contributed by atoms with Crippen LogP contribution in [-0.4, -0.2) is 52.3 Å². The number of aryl methyl sites for hydroxylation is 2. The highest BCUT2D eigenvalue weighted by atomic mass is 16.5. The molecular formula is C24H26N4O3. The summed E-state index contributed by atoms with van der Waals surface area (Å²) in [5.41, 5.74) is 10.8. The van der Waals surface area contributed by atoms with Gasteiger partial charge in [0.1, 0.15) is 5.69 Å². The zero-order valence-corrected chi connectivity index (χ0v) is 17.7. The van der Waals surface area contributed by atoms with E-state index in [-0.39, 0.29) is 19.1 Å². The monoisotopic (exact) mass is 418 g/mol. The number of nitrogens with zero attached hydrogens (tertiary/aromatic N) is 3. The highest BCUT2D eigenvalue weighted by Gasteiger charge is 2.30. The number of rotatable bonds is 5. The second-order valence-electron chi connectivity index (χ2n) is 7.95. The van der Waals surface area contributed by atoms with Crippen LogP contribution in [0.25, 0.3) is 11.3 Å². The number of amides is 2. The number of hydrogen-bond donors (Lipinski definition) is 1. The van der Waals surface area contributed by atoms with Crippen molar-refractivity contribution in [2.24, 2.45) is 5.73 Å². The van der Waals surface area contributed by atoms with Crippen LogP contribution in [0.1, 0.15) is 27.0 Å². The molecule has 1 aliphatic rings. The van der Waals surface area contributed by atoms with Crippen molar-refractivity contribution in [1.82, 2.24) is 14.7 Å². The molecule has 4 rings (SSSR count). The summed E-state index contributed by atoms with van der Waals surface area (Å²) < 4.78 is 7.18. The van der Waals surface area contributed by atoms with Gasteiger partial charge in [-0.1, -0.05) is 59.7 Å². The van der Waals surface area contributed by atoms with Crippen LogP contribution >= 0.6 is 0 Å². The van der Waals surface area contributed by atoms with Crippen molar-refractivity contribution in [2.75, 3.05) is 19.7 Å². The molecule has 7 nitrogen and oxygen atoms in total. The topological polar surface area (TPSA) is 90.5 Å². The van der Waals surface area contributed by atoms with Crippen molar-refractivity contribution < 1.29 is 14.3 Å². The second-order valence-corrected chi connectivity index (χ2v) is 7.95. The Bertz CT molecular complexity index is 1090. The standard InChI is InChI=1S/C24H26N4O3/c1-16-3-7-18(8-4-16)13-28-14-20(22(26-28)19-9-5-17(2)6-10-19)24(30)27-11-12-31-21(15-27)23(25)29/h3-10,14,21H,11-13,15H2,1-2H3,(H2,25,29). The Labute approximate surface area is 181 Å². The van der Waals surface area contributed by atoms with Gasteiger partial charge in [-0.25, -0.2) is 0 Å². The summed E-state index contributed by atoms with van der Waals surface area (Å²) in [4.78, 5) is 26.6. The van der Waals surface area contributed by atoms with E-state index in [2.05, 4.69) is 24.3 Å². The van der Waals surface area contributed by atoms with E-state index in [0.29, 0.717) is 24.3 Å². The largest absolute Gasteiger partial charge is 0.367 e. The van der Waals surface area contributed by atoms with Crippen molar-refractivity contribution >= 4 is 11.8 Å². The van der Waals surface area contributed by atoms with Gasteiger partial charge in [-0.15, -0.1) is 0 Å². The maximum Gasteiger partial charge on any atom is 0.257 e. The third-order valence-electron chi connectivity index (χ3n) is 5.45. The van der Waals surface area contributed by atoms with E-state index in [0.717, 1.165) is 16.7 Å². The van der Waals surface area contributed by atoms with Gasteiger partial charge in [0, 0.05) is 18.3 Å². The van der Waals surface area contributed by atoms with Crippen LogP contribution in [0.4, 0.5) is 0 Å². The van der Waals surface area contributed by atoms with Crippen LogP contribution in [-0.2, 0) is 16.1 Å². The van der Waals surface area contributed by atoms with Crippen LogP contribution in [0.15, 0.2) is 54.7 Å². The maximum absolute atomic E-state index is 13.4. The predicted molar refractivity (Wildman–Crippen MR) is 118 cm³/mol. The first-order valence-corrected chi connectivity index (χ1v) is 10.3. The van der Waals surface area contributed by atoms with Gasteiger partial charge in [0.25, 0.3) is 5.91 Å². The molecule has 1 aliphatic heterocycles. The van der Waals surface area contributed by atoms with Gasteiger partial charge in [-0.3, -0.25) is 14.3 Å². The molecule has 0 radical (unpaired) electrons. The molecule has 0 aliphatic carbocycles. The van der Waals surface area contributed by atoms with Crippen molar-refractivity contribution in [1.29, 1.82) is 0 Å². The van der Waals surface area contributed by atoms with E-state index in [1.54, 1.807) is 15.8 Å². The van der Waals surface area contributed by atoms with Crippen molar-refractivity contribution in [3.63, 3.8) is 0 Å². The molecule has 2 amide bonds. The van der Waals surface area contributed by atoms with E-state index in [9.17, 15) is 9.59 Å². The fraction of sp³-hybridized carbons (Fsp3) is 0.292. The fourth-order valence-electron chi connectivity index (χ4n) is 3.64. The minimum Gasteiger partial charge on any atom is -0.367 e. The number of carbonyl (C=O) groups is 2. The molecule has 1 aromatic heterocycles. The highest BCUT2D eigenvalue weighted by molar-refractivity contribution is 6.00. The number of benzene rings is 2. The number of aromatic nitrogens is 2. The molecule has 1 atom stereocenters. The molecule has 1 saturated heterocycles. The molecule has 3 aromatic rings. The van der Waals surface area contributed by atoms with Gasteiger partial charge >= 0.3 is 0 Å². The fourth-order valence-corrected chi connectivity index (χ4v) is 3.64. The SMILES string of the molecule is Cc1ccc(Cn2cc(C(=O)N3CCOC(C(N)=O)C3)c(-c3ccc(C)cc3)n2)cc1. The molecule has 7 heteroatoms. The van der Waals surface area contributed by atoms with E-state index in [1.807, 2.05) is 38.1 Å². The molecule has 2 N–H and O–H groups in total. The number of primary amides is 1.